The highest BCUT2D eigenvalue weighted by Gasteiger charge is 1.99. The maximum absolute atomic E-state index is 4.10. The molecular formula is C15H20. The molecule has 0 spiro atoms. The fraction of sp³-hybridized carbons (Fsp3) is 0.333. The number of hydrogen-bond donors (Lipinski definition) is 0. The van der Waals surface area contributed by atoms with Gasteiger partial charge in [-0.3, -0.25) is 0 Å². The lowest BCUT2D eigenvalue weighted by Gasteiger charge is -2.07. The lowest BCUT2D eigenvalue weighted by molar-refractivity contribution is 0.960. The van der Waals surface area contributed by atoms with Crippen molar-refractivity contribution >= 4 is 0 Å². The van der Waals surface area contributed by atoms with Crippen LogP contribution in [0.5, 0.6) is 0 Å². The van der Waals surface area contributed by atoms with Crippen LogP contribution in [0.2, 0.25) is 0 Å². The van der Waals surface area contributed by atoms with E-state index in [1.807, 2.05) is 0 Å². The van der Waals surface area contributed by atoms with E-state index in [0.717, 1.165) is 19.3 Å². The van der Waals surface area contributed by atoms with E-state index in [-0.39, 0.29) is 0 Å². The van der Waals surface area contributed by atoms with Gasteiger partial charge in [0.05, 0.1) is 0 Å². The molecule has 15 heavy (non-hydrogen) atoms. The lowest BCUT2D eigenvalue weighted by atomic mass is 9.99. The molecular weight excluding hydrogens is 180 g/mol. The molecule has 0 aliphatic heterocycles. The van der Waals surface area contributed by atoms with Crippen molar-refractivity contribution in [3.05, 3.63) is 59.7 Å². The Morgan fingerprint density at radius 1 is 1.07 bits per heavy atom. The standard InChI is InChI=1S/C15H20/c1-5-12(2)10-14(4)11-15-8-6-13(3)7-9-15/h6-9H,2,4-5,10-11H2,1,3H3. The molecule has 1 aromatic rings. The van der Waals surface area contributed by atoms with Gasteiger partial charge in [-0.15, -0.1) is 0 Å². The molecule has 0 nitrogen and oxygen atoms in total. The molecule has 80 valence electrons. The first-order chi connectivity index (χ1) is 7.11. The van der Waals surface area contributed by atoms with Crippen molar-refractivity contribution in [3.8, 4) is 0 Å². The number of rotatable bonds is 5. The smallest absolute Gasteiger partial charge is 0.00666 e. The van der Waals surface area contributed by atoms with Crippen LogP contribution in [0, 0.1) is 6.92 Å². The van der Waals surface area contributed by atoms with E-state index in [1.54, 1.807) is 0 Å². The zero-order chi connectivity index (χ0) is 11.3. The highest BCUT2D eigenvalue weighted by atomic mass is 14.0. The molecule has 0 unspecified atom stereocenters. The first kappa shape index (κ1) is 11.8. The Balaban J connectivity index is 2.51. The summed E-state index contributed by atoms with van der Waals surface area (Å²) in [7, 11) is 0. The topological polar surface area (TPSA) is 0 Å². The van der Waals surface area contributed by atoms with E-state index in [4.69, 9.17) is 0 Å². The van der Waals surface area contributed by atoms with Crippen molar-refractivity contribution in [2.24, 2.45) is 0 Å². The molecule has 0 amide bonds. The second kappa shape index (κ2) is 5.55. The van der Waals surface area contributed by atoms with Crippen LogP contribution in [0.1, 0.15) is 30.9 Å². The Kier molecular flexibility index (Phi) is 4.36. The van der Waals surface area contributed by atoms with Gasteiger partial charge in [-0.1, -0.05) is 61.1 Å². The zero-order valence-electron chi connectivity index (χ0n) is 9.84. The molecule has 0 N–H and O–H groups in total. The average Bonchev–Trinajstić information content (AvgIpc) is 2.21. The summed E-state index contributed by atoms with van der Waals surface area (Å²) in [5.41, 5.74) is 5.18. The van der Waals surface area contributed by atoms with Gasteiger partial charge >= 0.3 is 0 Å². The maximum Gasteiger partial charge on any atom is -0.00666 e. The normalized spacial score (nSPS) is 10.0. The van der Waals surface area contributed by atoms with Crippen LogP contribution < -0.4 is 0 Å². The van der Waals surface area contributed by atoms with Crippen molar-refractivity contribution < 1.29 is 0 Å². The van der Waals surface area contributed by atoms with Gasteiger partial charge < -0.3 is 0 Å². The molecule has 0 aliphatic carbocycles. The van der Waals surface area contributed by atoms with Gasteiger partial charge in [0.1, 0.15) is 0 Å². The molecule has 1 rings (SSSR count). The molecule has 0 heterocycles. The third kappa shape index (κ3) is 4.16. The van der Waals surface area contributed by atoms with E-state index in [0.29, 0.717) is 0 Å². The van der Waals surface area contributed by atoms with Crippen LogP contribution in [-0.4, -0.2) is 0 Å². The lowest BCUT2D eigenvalue weighted by Crippen LogP contribution is -1.91. The molecule has 0 atom stereocenters. The van der Waals surface area contributed by atoms with E-state index >= 15 is 0 Å². The quantitative estimate of drug-likeness (QED) is 0.616. The molecule has 0 radical (unpaired) electrons. The van der Waals surface area contributed by atoms with E-state index in [1.165, 1.54) is 22.3 Å². The van der Waals surface area contributed by atoms with Crippen LogP contribution in [0.4, 0.5) is 0 Å². The Morgan fingerprint density at radius 3 is 2.20 bits per heavy atom. The fourth-order valence-corrected chi connectivity index (χ4v) is 1.54. The van der Waals surface area contributed by atoms with Crippen molar-refractivity contribution in [2.75, 3.05) is 0 Å². The monoisotopic (exact) mass is 200 g/mol. The van der Waals surface area contributed by atoms with Gasteiger partial charge in [0.2, 0.25) is 0 Å². The molecule has 0 fully saturated rings. The maximum atomic E-state index is 4.10. The van der Waals surface area contributed by atoms with Crippen LogP contribution >= 0.6 is 0 Å². The summed E-state index contributed by atoms with van der Waals surface area (Å²) in [5, 5.41) is 0. The van der Waals surface area contributed by atoms with Crippen LogP contribution in [-0.2, 0) is 6.42 Å². The van der Waals surface area contributed by atoms with E-state index in [2.05, 4.69) is 51.3 Å². The highest BCUT2D eigenvalue weighted by molar-refractivity contribution is 5.26. The van der Waals surface area contributed by atoms with Crippen molar-refractivity contribution in [2.45, 2.75) is 33.1 Å². The van der Waals surface area contributed by atoms with Gasteiger partial charge in [-0.25, -0.2) is 0 Å². The number of benzene rings is 1. The Hall–Kier alpha value is -1.30. The van der Waals surface area contributed by atoms with Crippen LogP contribution in [0.15, 0.2) is 48.6 Å². The third-order valence-corrected chi connectivity index (χ3v) is 2.57. The largest absolute Gasteiger partial charge is 0.0995 e. The van der Waals surface area contributed by atoms with Crippen LogP contribution in [0.3, 0.4) is 0 Å². The third-order valence-electron chi connectivity index (χ3n) is 2.57. The SMILES string of the molecule is C=C(CC)CC(=C)Cc1ccc(C)cc1. The van der Waals surface area contributed by atoms with E-state index in [9.17, 15) is 0 Å². The molecule has 0 aliphatic rings. The Bertz CT molecular complexity index is 341. The van der Waals surface area contributed by atoms with Gasteiger partial charge in [0.15, 0.2) is 0 Å². The van der Waals surface area contributed by atoms with Gasteiger partial charge in [-0.2, -0.15) is 0 Å². The fourth-order valence-electron chi connectivity index (χ4n) is 1.54. The minimum atomic E-state index is 0.963. The van der Waals surface area contributed by atoms with Gasteiger partial charge in [0, 0.05) is 0 Å². The number of aryl methyl sites for hydroxylation is 1. The van der Waals surface area contributed by atoms with Crippen molar-refractivity contribution in [3.63, 3.8) is 0 Å². The molecule has 1 aromatic carbocycles. The predicted molar refractivity (Wildman–Crippen MR) is 68.1 cm³/mol. The molecule has 0 aromatic heterocycles. The van der Waals surface area contributed by atoms with Crippen molar-refractivity contribution in [1.82, 2.24) is 0 Å². The summed E-state index contributed by atoms with van der Waals surface area (Å²) >= 11 is 0. The average molecular weight is 200 g/mol. The van der Waals surface area contributed by atoms with E-state index < -0.39 is 0 Å². The summed E-state index contributed by atoms with van der Waals surface area (Å²) < 4.78 is 0. The number of allylic oxidation sites excluding steroid dienone is 2. The Morgan fingerprint density at radius 2 is 1.67 bits per heavy atom. The second-order valence-electron chi connectivity index (χ2n) is 4.19. The highest BCUT2D eigenvalue weighted by Crippen LogP contribution is 2.15. The predicted octanol–water partition coefficient (Wildman–Crippen LogP) is 4.45. The summed E-state index contributed by atoms with van der Waals surface area (Å²) in [6.45, 7) is 12.4. The minimum Gasteiger partial charge on any atom is -0.0995 e. The first-order valence-corrected chi connectivity index (χ1v) is 5.50. The molecule has 0 saturated heterocycles. The molecule has 0 heteroatoms. The van der Waals surface area contributed by atoms with Gasteiger partial charge in [-0.05, 0) is 31.7 Å². The number of hydrogen-bond acceptors (Lipinski definition) is 0. The molecule has 0 saturated carbocycles. The Labute approximate surface area is 93.3 Å². The van der Waals surface area contributed by atoms with Gasteiger partial charge in [0.25, 0.3) is 0 Å². The minimum absolute atomic E-state index is 0.963. The summed E-state index contributed by atoms with van der Waals surface area (Å²) in [4.78, 5) is 0. The summed E-state index contributed by atoms with van der Waals surface area (Å²) in [5.74, 6) is 0. The second-order valence-corrected chi connectivity index (χ2v) is 4.19. The summed E-state index contributed by atoms with van der Waals surface area (Å²) in [6, 6.07) is 8.65. The zero-order valence-corrected chi connectivity index (χ0v) is 9.84. The first-order valence-electron chi connectivity index (χ1n) is 5.50. The summed E-state index contributed by atoms with van der Waals surface area (Å²) in [6.07, 6.45) is 2.98. The molecule has 0 bridgehead atoms. The van der Waals surface area contributed by atoms with Crippen LogP contribution in [0.25, 0.3) is 0 Å². The van der Waals surface area contributed by atoms with Crippen molar-refractivity contribution in [1.29, 1.82) is 0 Å².